The van der Waals surface area contributed by atoms with Crippen molar-refractivity contribution in [2.75, 3.05) is 0 Å². The zero-order valence-electron chi connectivity index (χ0n) is 7.96. The largest absolute Gasteiger partial charge is 0.397 e. The number of rotatable bonds is 2. The van der Waals surface area contributed by atoms with Crippen LogP contribution in [0.15, 0.2) is 18.2 Å². The van der Waals surface area contributed by atoms with Gasteiger partial charge in [0.25, 0.3) is 0 Å². The minimum Gasteiger partial charge on any atom is -0.397 e. The highest BCUT2D eigenvalue weighted by atomic mass is 28.1. The lowest BCUT2D eigenvalue weighted by molar-refractivity contribution is 0.256. The minimum atomic E-state index is -0.105. The van der Waals surface area contributed by atoms with Crippen LogP contribution in [0.3, 0.4) is 0 Å². The van der Waals surface area contributed by atoms with E-state index in [0.717, 1.165) is 16.7 Å². The van der Waals surface area contributed by atoms with E-state index in [0.29, 0.717) is 0 Å². The molecule has 1 atom stereocenters. The van der Waals surface area contributed by atoms with Crippen molar-refractivity contribution in [3.05, 3.63) is 34.9 Å². The summed E-state index contributed by atoms with van der Waals surface area (Å²) in [4.78, 5) is 0. The SMILES string of the molecule is Cc1cc(C)cc(CC(O)[SiH3])c1. The van der Waals surface area contributed by atoms with Crippen LogP contribution >= 0.6 is 0 Å². The van der Waals surface area contributed by atoms with Crippen molar-refractivity contribution in [3.63, 3.8) is 0 Å². The molecule has 1 aromatic rings. The molecule has 2 heteroatoms. The topological polar surface area (TPSA) is 20.2 Å². The van der Waals surface area contributed by atoms with Gasteiger partial charge in [0.05, 0.1) is 0 Å². The Balaban J connectivity index is 2.85. The van der Waals surface area contributed by atoms with Crippen LogP contribution in [0.25, 0.3) is 0 Å². The van der Waals surface area contributed by atoms with Gasteiger partial charge in [-0.05, 0) is 25.8 Å². The Kier molecular flexibility index (Phi) is 3.06. The molecule has 66 valence electrons. The molecule has 0 bridgehead atoms. The van der Waals surface area contributed by atoms with Crippen LogP contribution in [0.1, 0.15) is 16.7 Å². The summed E-state index contributed by atoms with van der Waals surface area (Å²) < 4.78 is 0. The van der Waals surface area contributed by atoms with Crippen LogP contribution in [0.5, 0.6) is 0 Å². The Hall–Kier alpha value is -0.603. The Morgan fingerprint density at radius 2 is 1.75 bits per heavy atom. The number of aryl methyl sites for hydroxylation is 2. The predicted octanol–water partition coefficient (Wildman–Crippen LogP) is 0.530. The fourth-order valence-electron chi connectivity index (χ4n) is 1.53. The number of hydrogen-bond donors (Lipinski definition) is 1. The van der Waals surface area contributed by atoms with Crippen LogP contribution in [-0.2, 0) is 6.42 Å². The van der Waals surface area contributed by atoms with Crippen LogP contribution in [0, 0.1) is 13.8 Å². The normalized spacial score (nSPS) is 13.2. The third-order valence-corrected chi connectivity index (χ3v) is 2.22. The second kappa shape index (κ2) is 3.87. The lowest BCUT2D eigenvalue weighted by Crippen LogP contribution is -2.09. The molecule has 0 spiro atoms. The third kappa shape index (κ3) is 2.79. The van der Waals surface area contributed by atoms with Crippen molar-refractivity contribution in [1.82, 2.24) is 0 Å². The first-order valence-corrected chi connectivity index (χ1v) is 5.48. The Morgan fingerprint density at radius 1 is 1.25 bits per heavy atom. The number of benzene rings is 1. The third-order valence-electron chi connectivity index (χ3n) is 1.81. The number of aliphatic hydroxyl groups excluding tert-OH is 1. The maximum absolute atomic E-state index is 9.25. The Morgan fingerprint density at radius 3 is 2.17 bits per heavy atom. The highest BCUT2D eigenvalue weighted by molar-refractivity contribution is 6.10. The van der Waals surface area contributed by atoms with Crippen molar-refractivity contribution < 1.29 is 5.11 Å². The van der Waals surface area contributed by atoms with E-state index in [9.17, 15) is 5.11 Å². The van der Waals surface area contributed by atoms with E-state index < -0.39 is 0 Å². The fraction of sp³-hybridized carbons (Fsp3) is 0.400. The van der Waals surface area contributed by atoms with Gasteiger partial charge in [0.15, 0.2) is 0 Å². The first-order chi connectivity index (χ1) is 5.58. The highest BCUT2D eigenvalue weighted by Gasteiger charge is 1.99. The van der Waals surface area contributed by atoms with Crippen molar-refractivity contribution in [2.45, 2.75) is 26.0 Å². The van der Waals surface area contributed by atoms with Gasteiger partial charge in [0.2, 0.25) is 0 Å². The molecule has 0 aliphatic heterocycles. The Bertz CT molecular complexity index is 248. The van der Waals surface area contributed by atoms with Gasteiger partial charge in [-0.3, -0.25) is 0 Å². The molecule has 1 unspecified atom stereocenters. The second-order valence-corrected chi connectivity index (χ2v) is 4.88. The molecule has 0 aromatic heterocycles. The van der Waals surface area contributed by atoms with Crippen LogP contribution in [-0.4, -0.2) is 21.1 Å². The van der Waals surface area contributed by atoms with Gasteiger partial charge in [0.1, 0.15) is 0 Å². The molecular weight excluding hydrogens is 164 g/mol. The zero-order chi connectivity index (χ0) is 9.14. The lowest BCUT2D eigenvalue weighted by Gasteiger charge is -2.06. The molecule has 1 rings (SSSR count). The van der Waals surface area contributed by atoms with Crippen molar-refractivity contribution in [2.24, 2.45) is 0 Å². The van der Waals surface area contributed by atoms with Gasteiger partial charge in [-0.1, -0.05) is 29.3 Å². The number of hydrogen-bond acceptors (Lipinski definition) is 1. The number of aliphatic hydroxyl groups is 1. The van der Waals surface area contributed by atoms with E-state index in [2.05, 4.69) is 32.0 Å². The van der Waals surface area contributed by atoms with Gasteiger partial charge < -0.3 is 5.11 Å². The van der Waals surface area contributed by atoms with Crippen LogP contribution in [0.2, 0.25) is 0 Å². The average Bonchev–Trinajstić information content (AvgIpc) is 1.81. The van der Waals surface area contributed by atoms with Crippen LogP contribution in [0.4, 0.5) is 0 Å². The lowest BCUT2D eigenvalue weighted by atomic mass is 10.1. The molecule has 0 radical (unpaired) electrons. The summed E-state index contributed by atoms with van der Waals surface area (Å²) in [5.41, 5.74) is 3.72. The summed E-state index contributed by atoms with van der Waals surface area (Å²) in [7, 11) is 0.855. The maximum Gasteiger partial charge on any atom is 0.0393 e. The minimum absolute atomic E-state index is 0.105. The molecule has 0 saturated heterocycles. The van der Waals surface area contributed by atoms with E-state index in [1.165, 1.54) is 16.7 Å². The summed E-state index contributed by atoms with van der Waals surface area (Å²) in [6.45, 7) is 4.19. The molecule has 0 aliphatic rings. The van der Waals surface area contributed by atoms with E-state index >= 15 is 0 Å². The van der Waals surface area contributed by atoms with Gasteiger partial charge in [-0.25, -0.2) is 0 Å². The molecule has 12 heavy (non-hydrogen) atoms. The van der Waals surface area contributed by atoms with Crippen LogP contribution < -0.4 is 0 Å². The monoisotopic (exact) mass is 180 g/mol. The second-order valence-electron chi connectivity index (χ2n) is 3.55. The average molecular weight is 180 g/mol. The Labute approximate surface area is 76.9 Å². The quantitative estimate of drug-likeness (QED) is 0.658. The summed E-state index contributed by atoms with van der Waals surface area (Å²) in [5, 5.41) is 9.25. The van der Waals surface area contributed by atoms with E-state index in [1.807, 2.05) is 0 Å². The molecule has 1 nitrogen and oxygen atoms in total. The molecule has 0 amide bonds. The molecule has 0 saturated carbocycles. The standard InChI is InChI=1S/C10H16OSi/c1-7-3-8(2)5-9(4-7)6-10(11)12/h3-5,10-11H,6H2,1-2,12H3. The fourth-order valence-corrected chi connectivity index (χ4v) is 2.00. The van der Waals surface area contributed by atoms with Gasteiger partial charge in [0, 0.05) is 16.0 Å². The van der Waals surface area contributed by atoms with E-state index in [1.54, 1.807) is 0 Å². The molecule has 0 fully saturated rings. The van der Waals surface area contributed by atoms with E-state index in [-0.39, 0.29) is 5.73 Å². The van der Waals surface area contributed by atoms with Crippen molar-refractivity contribution in [1.29, 1.82) is 0 Å². The molecular formula is C10H16OSi. The van der Waals surface area contributed by atoms with Crippen molar-refractivity contribution >= 4 is 10.2 Å². The highest BCUT2D eigenvalue weighted by Crippen LogP contribution is 2.09. The molecule has 0 heterocycles. The zero-order valence-corrected chi connectivity index (χ0v) is 9.96. The molecule has 1 aromatic carbocycles. The predicted molar refractivity (Wildman–Crippen MR) is 55.6 cm³/mol. The first kappa shape index (κ1) is 9.48. The van der Waals surface area contributed by atoms with Gasteiger partial charge in [-0.15, -0.1) is 0 Å². The summed E-state index contributed by atoms with van der Waals surface area (Å²) >= 11 is 0. The smallest absolute Gasteiger partial charge is 0.0393 e. The summed E-state index contributed by atoms with van der Waals surface area (Å²) in [6.07, 6.45) is 0.814. The van der Waals surface area contributed by atoms with Gasteiger partial charge >= 0.3 is 0 Å². The summed E-state index contributed by atoms with van der Waals surface area (Å²) in [6, 6.07) is 6.45. The maximum atomic E-state index is 9.25. The van der Waals surface area contributed by atoms with Gasteiger partial charge in [-0.2, -0.15) is 0 Å². The first-order valence-electron chi connectivity index (χ1n) is 4.33. The van der Waals surface area contributed by atoms with E-state index in [4.69, 9.17) is 0 Å². The molecule has 1 N–H and O–H groups in total. The molecule has 0 aliphatic carbocycles. The summed E-state index contributed by atoms with van der Waals surface area (Å²) in [5.74, 6) is 0. The van der Waals surface area contributed by atoms with Crippen molar-refractivity contribution in [3.8, 4) is 0 Å².